The molecule has 0 atom stereocenters. The van der Waals surface area contributed by atoms with Crippen molar-refractivity contribution >= 4 is 52.2 Å². The molecule has 0 spiro atoms. The summed E-state index contributed by atoms with van der Waals surface area (Å²) in [6, 6.07) is 13.9. The van der Waals surface area contributed by atoms with Crippen molar-refractivity contribution in [1.29, 1.82) is 0 Å². The quantitative estimate of drug-likeness (QED) is 0.730. The van der Waals surface area contributed by atoms with Gasteiger partial charge in [0.1, 0.15) is 5.03 Å². The third-order valence-corrected chi connectivity index (χ3v) is 4.64. The number of hydrogen-bond donors (Lipinski definition) is 0. The lowest BCUT2D eigenvalue weighted by Crippen LogP contribution is -2.33. The Bertz CT molecular complexity index is 826. The highest BCUT2D eigenvalue weighted by atomic mass is 35.5. The van der Waals surface area contributed by atoms with Crippen LogP contribution in [0.25, 0.3) is 5.57 Å². The van der Waals surface area contributed by atoms with E-state index < -0.39 is 5.91 Å². The Balaban J connectivity index is 1.78. The van der Waals surface area contributed by atoms with Crippen molar-refractivity contribution < 1.29 is 9.59 Å². The van der Waals surface area contributed by atoms with Crippen molar-refractivity contribution in [3.63, 3.8) is 0 Å². The van der Waals surface area contributed by atoms with Gasteiger partial charge in [-0.2, -0.15) is 0 Å². The molecule has 1 aliphatic rings. The van der Waals surface area contributed by atoms with Crippen LogP contribution in [0.5, 0.6) is 0 Å². The molecule has 2 amide bonds. The summed E-state index contributed by atoms with van der Waals surface area (Å²) < 4.78 is 0. The SMILES string of the molecule is O=C1C(Cl)=C(c2ccc(Cl)cc2)C(=O)N1CCc1ccc(Cl)cc1. The molecule has 3 nitrogen and oxygen atoms in total. The summed E-state index contributed by atoms with van der Waals surface area (Å²) in [5, 5.41) is 1.13. The van der Waals surface area contributed by atoms with Gasteiger partial charge in [-0.25, -0.2) is 0 Å². The predicted molar refractivity (Wildman–Crippen MR) is 96.1 cm³/mol. The van der Waals surface area contributed by atoms with Crippen molar-refractivity contribution in [2.24, 2.45) is 0 Å². The Labute approximate surface area is 154 Å². The van der Waals surface area contributed by atoms with Crippen LogP contribution in [0.2, 0.25) is 10.0 Å². The average molecular weight is 381 g/mol. The molecule has 0 saturated heterocycles. The summed E-state index contributed by atoms with van der Waals surface area (Å²) in [4.78, 5) is 26.1. The minimum absolute atomic E-state index is 0.0570. The van der Waals surface area contributed by atoms with Crippen LogP contribution in [0.1, 0.15) is 11.1 Å². The smallest absolute Gasteiger partial charge is 0.273 e. The van der Waals surface area contributed by atoms with E-state index in [4.69, 9.17) is 34.8 Å². The lowest BCUT2D eigenvalue weighted by molar-refractivity contribution is -0.136. The number of carbonyl (C=O) groups excluding carboxylic acids is 2. The van der Waals surface area contributed by atoms with Gasteiger partial charge in [0.2, 0.25) is 0 Å². The maximum atomic E-state index is 12.6. The molecule has 0 aromatic heterocycles. The van der Waals surface area contributed by atoms with E-state index in [-0.39, 0.29) is 23.1 Å². The molecule has 0 fully saturated rings. The van der Waals surface area contributed by atoms with Crippen molar-refractivity contribution in [2.45, 2.75) is 6.42 Å². The zero-order valence-electron chi connectivity index (χ0n) is 12.4. The summed E-state index contributed by atoms with van der Waals surface area (Å²) in [6.45, 7) is 0.257. The summed E-state index contributed by atoms with van der Waals surface area (Å²) in [5.74, 6) is -0.859. The average Bonchev–Trinajstić information content (AvgIpc) is 2.78. The van der Waals surface area contributed by atoms with Crippen molar-refractivity contribution in [3.8, 4) is 0 Å². The fourth-order valence-corrected chi connectivity index (χ4v) is 3.05. The Morgan fingerprint density at radius 2 is 1.29 bits per heavy atom. The van der Waals surface area contributed by atoms with Gasteiger partial charge in [0.05, 0.1) is 5.57 Å². The normalized spacial score (nSPS) is 14.7. The zero-order valence-corrected chi connectivity index (χ0v) is 14.7. The second-order valence-corrected chi connectivity index (χ2v) is 6.59. The number of amides is 2. The van der Waals surface area contributed by atoms with E-state index in [1.54, 1.807) is 36.4 Å². The van der Waals surface area contributed by atoms with Gasteiger partial charge in [-0.05, 0) is 41.8 Å². The Hall–Kier alpha value is -1.81. The minimum Gasteiger partial charge on any atom is -0.273 e. The second kappa shape index (κ2) is 6.98. The molecule has 24 heavy (non-hydrogen) atoms. The molecule has 0 aliphatic carbocycles. The fraction of sp³-hybridized carbons (Fsp3) is 0.111. The molecule has 0 unspecified atom stereocenters. The lowest BCUT2D eigenvalue weighted by atomic mass is 10.1. The summed E-state index contributed by atoms with van der Waals surface area (Å²) in [5.41, 5.74) is 1.78. The topological polar surface area (TPSA) is 37.4 Å². The first kappa shape index (κ1) is 17.0. The number of rotatable bonds is 4. The van der Waals surface area contributed by atoms with E-state index >= 15 is 0 Å². The summed E-state index contributed by atoms with van der Waals surface area (Å²) in [7, 11) is 0. The van der Waals surface area contributed by atoms with E-state index in [9.17, 15) is 9.59 Å². The first-order valence-electron chi connectivity index (χ1n) is 7.23. The molecule has 0 bridgehead atoms. The van der Waals surface area contributed by atoms with Crippen molar-refractivity contribution in [3.05, 3.63) is 74.7 Å². The van der Waals surface area contributed by atoms with Crippen molar-refractivity contribution in [2.75, 3.05) is 6.54 Å². The molecule has 3 rings (SSSR count). The van der Waals surface area contributed by atoms with Crippen molar-refractivity contribution in [1.82, 2.24) is 4.90 Å². The van der Waals surface area contributed by atoms with Gasteiger partial charge in [-0.1, -0.05) is 59.1 Å². The molecule has 1 aliphatic heterocycles. The highest BCUT2D eigenvalue weighted by Crippen LogP contribution is 2.32. The van der Waals surface area contributed by atoms with Crippen LogP contribution in [0.15, 0.2) is 53.6 Å². The molecular formula is C18H12Cl3NO2. The highest BCUT2D eigenvalue weighted by Gasteiger charge is 2.37. The van der Waals surface area contributed by atoms with Crippen LogP contribution in [0.3, 0.4) is 0 Å². The predicted octanol–water partition coefficient (Wildman–Crippen LogP) is 4.55. The Morgan fingerprint density at radius 1 is 0.750 bits per heavy atom. The largest absolute Gasteiger partial charge is 0.273 e. The molecule has 2 aromatic rings. The van der Waals surface area contributed by atoms with E-state index in [1.807, 2.05) is 12.1 Å². The van der Waals surface area contributed by atoms with Crippen LogP contribution in [-0.2, 0) is 16.0 Å². The van der Waals surface area contributed by atoms with Crippen LogP contribution in [0, 0.1) is 0 Å². The molecule has 6 heteroatoms. The summed E-state index contributed by atoms with van der Waals surface area (Å²) in [6.07, 6.45) is 0.534. The molecule has 1 heterocycles. The van der Waals surface area contributed by atoms with Gasteiger partial charge >= 0.3 is 0 Å². The molecular weight excluding hydrogens is 369 g/mol. The van der Waals surface area contributed by atoms with Gasteiger partial charge in [0.15, 0.2) is 0 Å². The number of carbonyl (C=O) groups is 2. The summed E-state index contributed by atoms with van der Waals surface area (Å²) >= 11 is 17.8. The standard InChI is InChI=1S/C18H12Cl3NO2/c19-13-5-1-11(2-6-13)9-10-22-17(23)15(16(21)18(22)24)12-3-7-14(20)8-4-12/h1-8H,9-10H2. The van der Waals surface area contributed by atoms with Gasteiger partial charge < -0.3 is 0 Å². The van der Waals surface area contributed by atoms with Gasteiger partial charge in [0, 0.05) is 16.6 Å². The third kappa shape index (κ3) is 3.34. The van der Waals surface area contributed by atoms with Crippen LogP contribution >= 0.6 is 34.8 Å². The van der Waals surface area contributed by atoms with Gasteiger partial charge in [-0.3, -0.25) is 14.5 Å². The maximum absolute atomic E-state index is 12.6. The van der Waals surface area contributed by atoms with E-state index in [1.165, 1.54) is 4.90 Å². The monoisotopic (exact) mass is 379 g/mol. The Kier molecular flexibility index (Phi) is 4.95. The number of imide groups is 1. The molecule has 0 radical (unpaired) electrons. The van der Waals surface area contributed by atoms with Crippen LogP contribution in [0.4, 0.5) is 0 Å². The van der Waals surface area contributed by atoms with Gasteiger partial charge in [0.25, 0.3) is 11.8 Å². The van der Waals surface area contributed by atoms with E-state index in [0.29, 0.717) is 22.0 Å². The zero-order chi connectivity index (χ0) is 17.3. The van der Waals surface area contributed by atoms with E-state index in [0.717, 1.165) is 5.56 Å². The number of hydrogen-bond acceptors (Lipinski definition) is 2. The first-order valence-corrected chi connectivity index (χ1v) is 8.37. The molecule has 0 saturated carbocycles. The van der Waals surface area contributed by atoms with E-state index in [2.05, 4.69) is 0 Å². The number of halogens is 3. The fourth-order valence-electron chi connectivity index (χ4n) is 2.51. The Morgan fingerprint density at radius 3 is 1.88 bits per heavy atom. The molecule has 2 aromatic carbocycles. The third-order valence-electron chi connectivity index (χ3n) is 3.78. The lowest BCUT2D eigenvalue weighted by Gasteiger charge is -2.14. The van der Waals surface area contributed by atoms with Crippen LogP contribution < -0.4 is 0 Å². The minimum atomic E-state index is -0.472. The van der Waals surface area contributed by atoms with Crippen LogP contribution in [-0.4, -0.2) is 23.3 Å². The molecule has 0 N–H and O–H groups in total. The number of benzene rings is 2. The number of nitrogens with zero attached hydrogens (tertiary/aromatic N) is 1. The molecule has 122 valence electrons. The van der Waals surface area contributed by atoms with Gasteiger partial charge in [-0.15, -0.1) is 0 Å². The second-order valence-electron chi connectivity index (χ2n) is 5.33. The maximum Gasteiger partial charge on any atom is 0.273 e. The first-order chi connectivity index (χ1) is 11.5. The highest BCUT2D eigenvalue weighted by molar-refractivity contribution is 6.55.